The molecule has 1 unspecified atom stereocenters. The Kier molecular flexibility index (Phi) is 3.31. The van der Waals surface area contributed by atoms with Gasteiger partial charge in [0.25, 0.3) is 0 Å². The molecule has 1 fully saturated rings. The summed E-state index contributed by atoms with van der Waals surface area (Å²) in [5, 5.41) is 2.62. The third kappa shape index (κ3) is 2.14. The van der Waals surface area contributed by atoms with Crippen molar-refractivity contribution in [3.05, 3.63) is 48.0 Å². The van der Waals surface area contributed by atoms with Crippen molar-refractivity contribution in [3.63, 3.8) is 0 Å². The Hall–Kier alpha value is -1.38. The van der Waals surface area contributed by atoms with Crippen LogP contribution in [-0.4, -0.2) is 0 Å². The van der Waals surface area contributed by atoms with E-state index in [1.165, 1.54) is 35.6 Å². The average Bonchev–Trinajstić information content (AvgIpc) is 2.38. The lowest BCUT2D eigenvalue weighted by Crippen LogP contribution is -2.31. The standard InChI is InChI=1S/C16H20N2/c17-18-16(11-12-5-3-6-12)15-10-4-8-13-7-1-2-9-14(13)15/h1-2,4,7-10,12,16,18H,3,5-6,11,17H2. The predicted octanol–water partition coefficient (Wildman–Crippen LogP) is 3.53. The van der Waals surface area contributed by atoms with E-state index in [-0.39, 0.29) is 6.04 Å². The first-order valence-corrected chi connectivity index (χ1v) is 6.82. The molecule has 2 aromatic rings. The van der Waals surface area contributed by atoms with Crippen molar-refractivity contribution in [2.24, 2.45) is 11.8 Å². The molecule has 94 valence electrons. The van der Waals surface area contributed by atoms with Crippen molar-refractivity contribution in [2.45, 2.75) is 31.7 Å². The second kappa shape index (κ2) is 5.09. The zero-order chi connectivity index (χ0) is 12.4. The van der Waals surface area contributed by atoms with Crippen LogP contribution in [0.15, 0.2) is 42.5 Å². The van der Waals surface area contributed by atoms with Gasteiger partial charge in [0, 0.05) is 6.04 Å². The molecule has 2 nitrogen and oxygen atoms in total. The van der Waals surface area contributed by atoms with E-state index in [0.717, 1.165) is 12.3 Å². The molecule has 18 heavy (non-hydrogen) atoms. The maximum absolute atomic E-state index is 5.77. The van der Waals surface area contributed by atoms with Gasteiger partial charge in [-0.05, 0) is 28.7 Å². The van der Waals surface area contributed by atoms with Gasteiger partial charge in [-0.25, -0.2) is 0 Å². The molecular formula is C16H20N2. The number of rotatable bonds is 4. The number of nitrogens with one attached hydrogen (secondary N) is 1. The predicted molar refractivity (Wildman–Crippen MR) is 76.0 cm³/mol. The van der Waals surface area contributed by atoms with Gasteiger partial charge in [0.2, 0.25) is 0 Å². The third-order valence-electron chi connectivity index (χ3n) is 4.19. The Morgan fingerprint density at radius 2 is 1.89 bits per heavy atom. The molecule has 2 aromatic carbocycles. The van der Waals surface area contributed by atoms with E-state index < -0.39 is 0 Å². The molecule has 0 bridgehead atoms. The molecule has 0 aliphatic heterocycles. The Labute approximate surface area is 108 Å². The molecule has 0 amide bonds. The number of fused-ring (bicyclic) bond motifs is 1. The molecule has 0 radical (unpaired) electrons. The molecule has 0 aromatic heterocycles. The fraction of sp³-hybridized carbons (Fsp3) is 0.375. The lowest BCUT2D eigenvalue weighted by molar-refractivity contribution is 0.262. The lowest BCUT2D eigenvalue weighted by Gasteiger charge is -2.30. The Morgan fingerprint density at radius 3 is 2.61 bits per heavy atom. The van der Waals surface area contributed by atoms with Crippen molar-refractivity contribution in [3.8, 4) is 0 Å². The highest BCUT2D eigenvalue weighted by atomic mass is 15.2. The van der Waals surface area contributed by atoms with Crippen molar-refractivity contribution < 1.29 is 0 Å². The molecule has 2 heteroatoms. The van der Waals surface area contributed by atoms with Crippen LogP contribution in [0.4, 0.5) is 0 Å². The number of hydrazine groups is 1. The normalized spacial score (nSPS) is 17.6. The maximum Gasteiger partial charge on any atom is 0.0468 e. The highest BCUT2D eigenvalue weighted by Crippen LogP contribution is 2.36. The van der Waals surface area contributed by atoms with Crippen LogP contribution in [0.3, 0.4) is 0 Å². The van der Waals surface area contributed by atoms with Gasteiger partial charge in [-0.1, -0.05) is 61.7 Å². The number of benzene rings is 2. The van der Waals surface area contributed by atoms with Crippen LogP contribution in [0.2, 0.25) is 0 Å². The SMILES string of the molecule is NNC(CC1CCC1)c1cccc2ccccc12. The summed E-state index contributed by atoms with van der Waals surface area (Å²) in [6.07, 6.45) is 5.27. The molecule has 0 heterocycles. The van der Waals surface area contributed by atoms with Crippen LogP contribution in [0.1, 0.15) is 37.3 Å². The minimum absolute atomic E-state index is 0.279. The second-order valence-electron chi connectivity index (χ2n) is 5.32. The van der Waals surface area contributed by atoms with Gasteiger partial charge in [-0.2, -0.15) is 0 Å². The minimum atomic E-state index is 0.279. The minimum Gasteiger partial charge on any atom is -0.271 e. The summed E-state index contributed by atoms with van der Waals surface area (Å²) in [7, 11) is 0. The average molecular weight is 240 g/mol. The van der Waals surface area contributed by atoms with E-state index in [0.29, 0.717) is 0 Å². The summed E-state index contributed by atoms with van der Waals surface area (Å²) in [5.74, 6) is 6.62. The van der Waals surface area contributed by atoms with E-state index in [1.54, 1.807) is 0 Å². The van der Waals surface area contributed by atoms with Crippen LogP contribution in [0, 0.1) is 5.92 Å². The van der Waals surface area contributed by atoms with E-state index in [2.05, 4.69) is 47.9 Å². The molecule has 0 saturated heterocycles. The summed E-state index contributed by atoms with van der Waals surface area (Å²) in [5.41, 5.74) is 4.35. The lowest BCUT2D eigenvalue weighted by atomic mass is 9.79. The third-order valence-corrected chi connectivity index (χ3v) is 4.19. The monoisotopic (exact) mass is 240 g/mol. The second-order valence-corrected chi connectivity index (χ2v) is 5.32. The molecule has 1 saturated carbocycles. The van der Waals surface area contributed by atoms with Crippen molar-refractivity contribution in [2.75, 3.05) is 0 Å². The number of hydrogen-bond donors (Lipinski definition) is 2. The first kappa shape index (κ1) is 11.7. The Morgan fingerprint density at radius 1 is 1.11 bits per heavy atom. The van der Waals surface area contributed by atoms with Crippen LogP contribution in [0.25, 0.3) is 10.8 Å². The highest BCUT2D eigenvalue weighted by molar-refractivity contribution is 5.86. The summed E-state index contributed by atoms with van der Waals surface area (Å²) in [6, 6.07) is 15.3. The Bertz CT molecular complexity index is 526. The zero-order valence-electron chi connectivity index (χ0n) is 10.6. The van der Waals surface area contributed by atoms with Crippen LogP contribution < -0.4 is 11.3 Å². The summed E-state index contributed by atoms with van der Waals surface area (Å²) >= 11 is 0. The zero-order valence-corrected chi connectivity index (χ0v) is 10.6. The van der Waals surface area contributed by atoms with Crippen molar-refractivity contribution in [1.29, 1.82) is 0 Å². The molecular weight excluding hydrogens is 220 g/mol. The van der Waals surface area contributed by atoms with E-state index >= 15 is 0 Å². The summed E-state index contributed by atoms with van der Waals surface area (Å²) in [6.45, 7) is 0. The molecule has 1 aliphatic rings. The van der Waals surface area contributed by atoms with Crippen LogP contribution in [-0.2, 0) is 0 Å². The van der Waals surface area contributed by atoms with Crippen LogP contribution in [0.5, 0.6) is 0 Å². The molecule has 1 atom stereocenters. The smallest absolute Gasteiger partial charge is 0.0468 e. The number of nitrogens with two attached hydrogens (primary N) is 1. The van der Waals surface area contributed by atoms with E-state index in [9.17, 15) is 0 Å². The topological polar surface area (TPSA) is 38.0 Å². The highest BCUT2D eigenvalue weighted by Gasteiger charge is 2.23. The molecule has 3 N–H and O–H groups in total. The summed E-state index contributed by atoms with van der Waals surface area (Å²) < 4.78 is 0. The molecule has 1 aliphatic carbocycles. The quantitative estimate of drug-likeness (QED) is 0.633. The van der Waals surface area contributed by atoms with Crippen LogP contribution >= 0.6 is 0 Å². The van der Waals surface area contributed by atoms with Gasteiger partial charge in [-0.3, -0.25) is 11.3 Å². The fourth-order valence-corrected chi connectivity index (χ4v) is 2.90. The molecule has 3 rings (SSSR count). The van der Waals surface area contributed by atoms with Gasteiger partial charge >= 0.3 is 0 Å². The maximum atomic E-state index is 5.77. The van der Waals surface area contributed by atoms with Gasteiger partial charge in [0.1, 0.15) is 0 Å². The fourth-order valence-electron chi connectivity index (χ4n) is 2.90. The van der Waals surface area contributed by atoms with Gasteiger partial charge < -0.3 is 0 Å². The largest absolute Gasteiger partial charge is 0.271 e. The first-order valence-electron chi connectivity index (χ1n) is 6.82. The van der Waals surface area contributed by atoms with Gasteiger partial charge in [0.15, 0.2) is 0 Å². The van der Waals surface area contributed by atoms with Gasteiger partial charge in [0.05, 0.1) is 0 Å². The number of hydrogen-bond acceptors (Lipinski definition) is 2. The van der Waals surface area contributed by atoms with E-state index in [4.69, 9.17) is 5.84 Å². The van der Waals surface area contributed by atoms with Crippen molar-refractivity contribution >= 4 is 10.8 Å². The van der Waals surface area contributed by atoms with Gasteiger partial charge in [-0.15, -0.1) is 0 Å². The summed E-state index contributed by atoms with van der Waals surface area (Å²) in [4.78, 5) is 0. The van der Waals surface area contributed by atoms with E-state index in [1.807, 2.05) is 0 Å². The Balaban J connectivity index is 1.95. The first-order chi connectivity index (χ1) is 8.88. The van der Waals surface area contributed by atoms with Crippen molar-refractivity contribution in [1.82, 2.24) is 5.43 Å². The molecule has 0 spiro atoms.